The van der Waals surface area contributed by atoms with E-state index in [1.165, 1.54) is 38.9 Å². The molecule has 0 amide bonds. The van der Waals surface area contributed by atoms with Crippen molar-refractivity contribution in [3.63, 3.8) is 0 Å². The fourth-order valence-electron chi connectivity index (χ4n) is 2.72. The Hall–Kier alpha value is -0.370. The summed E-state index contributed by atoms with van der Waals surface area (Å²) in [6.45, 7) is 36.8. The van der Waals surface area contributed by atoms with Crippen molar-refractivity contribution in [2.75, 3.05) is 60.3 Å². The van der Waals surface area contributed by atoms with Crippen molar-refractivity contribution < 1.29 is 27.4 Å². The van der Waals surface area contributed by atoms with Gasteiger partial charge in [-0.2, -0.15) is 13.2 Å². The third-order valence-corrected chi connectivity index (χ3v) is 6.07. The van der Waals surface area contributed by atoms with Gasteiger partial charge in [0.25, 0.3) is 0 Å². The Morgan fingerprint density at radius 1 is 0.610 bits per heavy atom. The molecule has 0 rings (SSSR count). The molecule has 0 aliphatic rings. The highest BCUT2D eigenvalue weighted by atomic mass is 19.4. The van der Waals surface area contributed by atoms with Crippen LogP contribution in [0.3, 0.4) is 0 Å². The highest BCUT2D eigenvalue weighted by molar-refractivity contribution is 4.55. The fraction of sp³-hybridized carbons (Fsp3) is 1.00. The Morgan fingerprint density at radius 3 is 1.24 bits per heavy atom. The Labute approximate surface area is 256 Å². The Balaban J connectivity index is -0.000000132. The summed E-state index contributed by atoms with van der Waals surface area (Å²) in [5.74, 6) is 3.56. The van der Waals surface area contributed by atoms with Gasteiger partial charge in [0, 0.05) is 47.1 Å². The van der Waals surface area contributed by atoms with Gasteiger partial charge >= 0.3 is 6.18 Å². The topological polar surface area (TPSA) is 30.9 Å². The maximum atomic E-state index is 11.3. The first-order chi connectivity index (χ1) is 18.8. The van der Waals surface area contributed by atoms with Crippen LogP contribution in [0.15, 0.2) is 0 Å². The molecule has 1 atom stereocenters. The summed E-state index contributed by atoms with van der Waals surface area (Å²) in [6, 6.07) is 0. The van der Waals surface area contributed by atoms with Crippen molar-refractivity contribution in [1.82, 2.24) is 4.90 Å². The van der Waals surface area contributed by atoms with Gasteiger partial charge in [0.1, 0.15) is 0 Å². The molecule has 0 aromatic carbocycles. The van der Waals surface area contributed by atoms with Gasteiger partial charge in [-0.05, 0) is 81.3 Å². The van der Waals surface area contributed by atoms with Gasteiger partial charge in [-0.25, -0.2) is 0 Å². The lowest BCUT2D eigenvalue weighted by atomic mass is 10.00. The molecule has 0 spiro atoms. The van der Waals surface area contributed by atoms with E-state index in [2.05, 4.69) is 81.1 Å². The largest absolute Gasteiger partial charge is 0.389 e. The van der Waals surface area contributed by atoms with E-state index in [1.54, 1.807) is 28.1 Å². The molecule has 0 aromatic heterocycles. The van der Waals surface area contributed by atoms with Crippen LogP contribution in [0.2, 0.25) is 0 Å². The third-order valence-electron chi connectivity index (χ3n) is 6.07. The number of hydrogen-bond acceptors (Lipinski definition) is 4. The third kappa shape index (κ3) is 63.9. The molecule has 4 nitrogen and oxygen atoms in total. The number of halogens is 3. The molecule has 1 unspecified atom stereocenters. The molecule has 0 aromatic rings. The number of alkyl halides is 3. The molecule has 41 heavy (non-hydrogen) atoms. The minimum Gasteiger partial charge on any atom is -0.385 e. The van der Waals surface area contributed by atoms with Crippen molar-refractivity contribution in [1.29, 1.82) is 0 Å². The molecule has 0 saturated heterocycles. The normalized spacial score (nSPS) is 11.9. The van der Waals surface area contributed by atoms with Gasteiger partial charge in [0.2, 0.25) is 0 Å². The van der Waals surface area contributed by atoms with E-state index >= 15 is 0 Å². The van der Waals surface area contributed by atoms with E-state index in [0.29, 0.717) is 5.92 Å². The van der Waals surface area contributed by atoms with Crippen LogP contribution >= 0.6 is 0 Å². The number of ether oxygens (including phenoxy) is 3. The SMILES string of the molecule is CC(C)CC(F)(F)F.CCN(CC)CCC(C)C.CCOCCC(C)C.COCC(C)C(C)C.COCCC(C)C. The van der Waals surface area contributed by atoms with Gasteiger partial charge in [-0.3, -0.25) is 0 Å². The second kappa shape index (κ2) is 35.8. The molecule has 0 bridgehead atoms. The minimum absolute atomic E-state index is 0.282. The Kier molecular flexibility index (Phi) is 43.9. The van der Waals surface area contributed by atoms with Crippen LogP contribution in [0, 0.1) is 35.5 Å². The summed E-state index contributed by atoms with van der Waals surface area (Å²) in [6.07, 6.45) is -0.951. The van der Waals surface area contributed by atoms with Crippen LogP contribution in [0.4, 0.5) is 13.2 Å². The second-order valence-electron chi connectivity index (χ2n) is 12.7. The molecule has 256 valence electrons. The number of hydrogen-bond donors (Lipinski definition) is 0. The van der Waals surface area contributed by atoms with Gasteiger partial charge in [-0.1, -0.05) is 90.0 Å². The summed E-state index contributed by atoms with van der Waals surface area (Å²) in [5, 5.41) is 0. The average Bonchev–Trinajstić information content (AvgIpc) is 2.83. The average molecular weight is 604 g/mol. The smallest absolute Gasteiger partial charge is 0.385 e. The van der Waals surface area contributed by atoms with Gasteiger partial charge < -0.3 is 19.1 Å². The first-order valence-corrected chi connectivity index (χ1v) is 16.2. The quantitative estimate of drug-likeness (QED) is 0.164. The molecular weight excluding hydrogens is 527 g/mol. The zero-order valence-electron chi connectivity index (χ0n) is 30.5. The van der Waals surface area contributed by atoms with E-state index in [4.69, 9.17) is 14.2 Å². The van der Waals surface area contributed by atoms with Crippen molar-refractivity contribution in [3.05, 3.63) is 0 Å². The van der Waals surface area contributed by atoms with Crippen LogP contribution in [-0.4, -0.2) is 71.4 Å². The van der Waals surface area contributed by atoms with Crippen molar-refractivity contribution in [3.8, 4) is 0 Å². The lowest BCUT2D eigenvalue weighted by molar-refractivity contribution is -0.141. The number of rotatable bonds is 16. The molecule has 0 fully saturated rings. The molecule has 0 radical (unpaired) electrons. The molecule has 0 aliphatic heterocycles. The summed E-state index contributed by atoms with van der Waals surface area (Å²) in [7, 11) is 3.49. The predicted octanol–water partition coefficient (Wildman–Crippen LogP) is 10.6. The zero-order valence-corrected chi connectivity index (χ0v) is 30.5. The van der Waals surface area contributed by atoms with Crippen LogP contribution in [-0.2, 0) is 14.2 Å². The highest BCUT2D eigenvalue weighted by Crippen LogP contribution is 2.23. The Morgan fingerprint density at radius 2 is 1.05 bits per heavy atom. The van der Waals surface area contributed by atoms with Gasteiger partial charge in [0.15, 0.2) is 0 Å². The maximum Gasteiger partial charge on any atom is 0.389 e. The highest BCUT2D eigenvalue weighted by Gasteiger charge is 2.27. The molecular formula is C34H76F3NO3. The lowest BCUT2D eigenvalue weighted by Crippen LogP contribution is -2.24. The Bertz CT molecular complexity index is 453. The number of nitrogens with zero attached hydrogens (tertiary/aromatic N) is 1. The fourth-order valence-corrected chi connectivity index (χ4v) is 2.72. The van der Waals surface area contributed by atoms with Gasteiger partial charge in [-0.15, -0.1) is 0 Å². The second-order valence-corrected chi connectivity index (χ2v) is 12.7. The molecule has 0 N–H and O–H groups in total. The van der Waals surface area contributed by atoms with Crippen LogP contribution < -0.4 is 0 Å². The summed E-state index contributed by atoms with van der Waals surface area (Å²) < 4.78 is 48.9. The van der Waals surface area contributed by atoms with E-state index in [-0.39, 0.29) is 5.92 Å². The van der Waals surface area contributed by atoms with E-state index in [1.807, 2.05) is 6.92 Å². The standard InChI is InChI=1S/C9H21N.2C7H16O.C6H14O.C5H9F3/c1-5-10(6-2)8-7-9(3)4;1-6(2)7(3)5-8-4;1-4-8-6-5-7(2)3;1-6(2)4-5-7-3;1-4(2)3-5(6,7)8/h9H,5-8H2,1-4H3;6-7H,5H2,1-4H3;7H,4-6H2,1-3H3;6H,4-5H2,1-3H3;4H,3H2,1-2H3. The first-order valence-electron chi connectivity index (χ1n) is 16.2. The van der Waals surface area contributed by atoms with Crippen molar-refractivity contribution >= 4 is 0 Å². The molecule has 0 saturated carbocycles. The first kappa shape index (κ1) is 50.3. The zero-order chi connectivity index (χ0) is 33.4. The summed E-state index contributed by atoms with van der Waals surface area (Å²) >= 11 is 0. The minimum atomic E-state index is -3.98. The van der Waals surface area contributed by atoms with Crippen molar-refractivity contribution in [2.24, 2.45) is 35.5 Å². The van der Waals surface area contributed by atoms with Crippen LogP contribution in [0.25, 0.3) is 0 Å². The van der Waals surface area contributed by atoms with Gasteiger partial charge in [0.05, 0.1) is 0 Å². The predicted molar refractivity (Wildman–Crippen MR) is 176 cm³/mol. The van der Waals surface area contributed by atoms with Crippen LogP contribution in [0.1, 0.15) is 123 Å². The van der Waals surface area contributed by atoms with E-state index in [9.17, 15) is 13.2 Å². The molecule has 0 heterocycles. The summed E-state index contributed by atoms with van der Waals surface area (Å²) in [4.78, 5) is 2.47. The maximum absolute atomic E-state index is 11.3. The van der Waals surface area contributed by atoms with Crippen LogP contribution in [0.5, 0.6) is 0 Å². The lowest BCUT2D eigenvalue weighted by Gasteiger charge is -2.18. The summed E-state index contributed by atoms with van der Waals surface area (Å²) in [5.41, 5.74) is 0. The monoisotopic (exact) mass is 604 g/mol. The molecule has 7 heteroatoms. The molecule has 0 aliphatic carbocycles. The van der Waals surface area contributed by atoms with E-state index in [0.717, 1.165) is 50.1 Å². The van der Waals surface area contributed by atoms with Crippen molar-refractivity contribution in [2.45, 2.75) is 129 Å². The van der Waals surface area contributed by atoms with E-state index < -0.39 is 12.6 Å². The number of methoxy groups -OCH3 is 2.